The highest BCUT2D eigenvalue weighted by molar-refractivity contribution is 9.10. The lowest BCUT2D eigenvalue weighted by Gasteiger charge is -1.99. The first kappa shape index (κ1) is 8.40. The topological polar surface area (TPSA) is 17.1 Å². The molecule has 0 saturated heterocycles. The monoisotopic (exact) mass is 216 g/mol. The summed E-state index contributed by atoms with van der Waals surface area (Å²) in [5, 5.41) is 0. The van der Waals surface area contributed by atoms with E-state index in [4.69, 9.17) is 0 Å². The summed E-state index contributed by atoms with van der Waals surface area (Å²) in [5.74, 6) is -0.396. The summed E-state index contributed by atoms with van der Waals surface area (Å²) in [6.45, 7) is 1.74. The molecule has 0 unspecified atom stereocenters. The Morgan fingerprint density at radius 1 is 1.55 bits per heavy atom. The van der Waals surface area contributed by atoms with Gasteiger partial charge in [0.25, 0.3) is 0 Å². The average molecular weight is 217 g/mol. The molecule has 0 radical (unpaired) electrons. The van der Waals surface area contributed by atoms with Crippen molar-refractivity contribution in [3.8, 4) is 0 Å². The van der Waals surface area contributed by atoms with Gasteiger partial charge in [0, 0.05) is 5.56 Å². The van der Waals surface area contributed by atoms with E-state index in [-0.39, 0.29) is 4.47 Å². The van der Waals surface area contributed by atoms with Crippen LogP contribution in [0.15, 0.2) is 16.6 Å². The maximum atomic E-state index is 12.8. The number of rotatable bonds is 1. The van der Waals surface area contributed by atoms with Gasteiger partial charge in [0.15, 0.2) is 6.29 Å². The van der Waals surface area contributed by atoms with Crippen LogP contribution in [0, 0.1) is 12.7 Å². The van der Waals surface area contributed by atoms with Gasteiger partial charge in [-0.1, -0.05) is 0 Å². The predicted octanol–water partition coefficient (Wildman–Crippen LogP) is 2.71. The summed E-state index contributed by atoms with van der Waals surface area (Å²) in [7, 11) is 0. The van der Waals surface area contributed by atoms with Crippen molar-refractivity contribution in [3.63, 3.8) is 0 Å². The second kappa shape index (κ2) is 3.13. The van der Waals surface area contributed by atoms with Gasteiger partial charge in [0.2, 0.25) is 0 Å². The van der Waals surface area contributed by atoms with Gasteiger partial charge >= 0.3 is 0 Å². The van der Waals surface area contributed by atoms with Gasteiger partial charge in [0.05, 0.1) is 4.47 Å². The van der Waals surface area contributed by atoms with Gasteiger partial charge in [-0.05, 0) is 40.5 Å². The molecule has 1 aromatic carbocycles. The van der Waals surface area contributed by atoms with E-state index in [1.807, 2.05) is 0 Å². The van der Waals surface area contributed by atoms with Gasteiger partial charge in [-0.2, -0.15) is 0 Å². The summed E-state index contributed by atoms with van der Waals surface area (Å²) in [4.78, 5) is 10.3. The summed E-state index contributed by atoms with van der Waals surface area (Å²) < 4.78 is 13.1. The third-order valence-electron chi connectivity index (χ3n) is 1.33. The van der Waals surface area contributed by atoms with Crippen LogP contribution < -0.4 is 0 Å². The lowest BCUT2D eigenvalue weighted by molar-refractivity contribution is 0.112. The number of hydrogen-bond donors (Lipinski definition) is 0. The first-order valence-electron chi connectivity index (χ1n) is 3.06. The van der Waals surface area contributed by atoms with Crippen molar-refractivity contribution in [1.82, 2.24) is 0 Å². The Balaban J connectivity index is 3.35. The molecule has 0 spiro atoms. The lowest BCUT2D eigenvalue weighted by atomic mass is 10.1. The van der Waals surface area contributed by atoms with Crippen LogP contribution >= 0.6 is 15.9 Å². The zero-order valence-corrected chi connectivity index (χ0v) is 7.48. The summed E-state index contributed by atoms with van der Waals surface area (Å²) in [6.07, 6.45) is 0.625. The van der Waals surface area contributed by atoms with Crippen LogP contribution in [0.3, 0.4) is 0 Å². The van der Waals surface area contributed by atoms with E-state index in [1.54, 1.807) is 13.0 Å². The molecule has 0 saturated carbocycles. The summed E-state index contributed by atoms with van der Waals surface area (Å²) in [6, 6.07) is 3.00. The van der Waals surface area contributed by atoms with Gasteiger partial charge < -0.3 is 0 Å². The second-order valence-corrected chi connectivity index (χ2v) is 3.06. The molecule has 0 heterocycles. The first-order chi connectivity index (χ1) is 5.15. The molecule has 0 amide bonds. The van der Waals surface area contributed by atoms with E-state index < -0.39 is 5.82 Å². The predicted molar refractivity (Wildman–Crippen MR) is 44.2 cm³/mol. The van der Waals surface area contributed by atoms with Gasteiger partial charge in [-0.25, -0.2) is 4.39 Å². The largest absolute Gasteiger partial charge is 0.298 e. The quantitative estimate of drug-likeness (QED) is 0.661. The Morgan fingerprint density at radius 2 is 2.18 bits per heavy atom. The van der Waals surface area contributed by atoms with Gasteiger partial charge in [-0.15, -0.1) is 0 Å². The first-order valence-corrected chi connectivity index (χ1v) is 3.85. The molecule has 1 nitrogen and oxygen atoms in total. The fourth-order valence-electron chi connectivity index (χ4n) is 0.837. The lowest BCUT2D eigenvalue weighted by Crippen LogP contribution is -1.88. The van der Waals surface area contributed by atoms with Crippen molar-refractivity contribution in [1.29, 1.82) is 0 Å². The number of aldehydes is 1. The van der Waals surface area contributed by atoms with Crippen LogP contribution in [0.5, 0.6) is 0 Å². The molecule has 0 aliphatic carbocycles. The Hall–Kier alpha value is -0.700. The van der Waals surface area contributed by atoms with E-state index >= 15 is 0 Å². The average Bonchev–Trinajstić information content (AvgIpc) is 1.96. The summed E-state index contributed by atoms with van der Waals surface area (Å²) in [5.41, 5.74) is 1.09. The van der Waals surface area contributed by atoms with Crippen molar-refractivity contribution in [3.05, 3.63) is 33.5 Å². The van der Waals surface area contributed by atoms with Crippen LogP contribution in [0.1, 0.15) is 15.9 Å². The maximum absolute atomic E-state index is 12.8. The van der Waals surface area contributed by atoms with Gasteiger partial charge in [-0.3, -0.25) is 4.79 Å². The number of aryl methyl sites for hydroxylation is 1. The number of benzene rings is 1. The molecule has 0 fully saturated rings. The van der Waals surface area contributed by atoms with E-state index in [2.05, 4.69) is 15.9 Å². The Kier molecular flexibility index (Phi) is 2.39. The smallest absolute Gasteiger partial charge is 0.151 e. The van der Waals surface area contributed by atoms with Crippen molar-refractivity contribution >= 4 is 22.2 Å². The van der Waals surface area contributed by atoms with Gasteiger partial charge in [0.1, 0.15) is 5.82 Å². The molecule has 0 aliphatic rings. The fourth-order valence-corrected chi connectivity index (χ4v) is 1.16. The third-order valence-corrected chi connectivity index (χ3v) is 2.16. The maximum Gasteiger partial charge on any atom is 0.151 e. The molecular formula is C8H6BrFO. The SMILES string of the molecule is Cc1cc(F)c(Br)c(C=O)c1. The van der Waals surface area contributed by atoms with Crippen LogP contribution in [0.2, 0.25) is 0 Å². The molecule has 58 valence electrons. The van der Waals surface area contributed by atoms with Crippen LogP contribution in [-0.4, -0.2) is 6.29 Å². The highest BCUT2D eigenvalue weighted by Gasteiger charge is 2.04. The zero-order valence-electron chi connectivity index (χ0n) is 5.90. The second-order valence-electron chi connectivity index (χ2n) is 2.27. The highest BCUT2D eigenvalue weighted by Crippen LogP contribution is 2.20. The molecule has 1 rings (SSSR count). The van der Waals surface area contributed by atoms with E-state index in [0.29, 0.717) is 11.8 Å². The molecule has 11 heavy (non-hydrogen) atoms. The van der Waals surface area contributed by atoms with Crippen LogP contribution in [-0.2, 0) is 0 Å². The molecule has 0 N–H and O–H groups in total. The van der Waals surface area contributed by atoms with Crippen molar-refractivity contribution in [2.45, 2.75) is 6.92 Å². The number of hydrogen-bond acceptors (Lipinski definition) is 1. The zero-order chi connectivity index (χ0) is 8.43. The fraction of sp³-hybridized carbons (Fsp3) is 0.125. The van der Waals surface area contributed by atoms with E-state index in [1.165, 1.54) is 6.07 Å². The van der Waals surface area contributed by atoms with Crippen LogP contribution in [0.25, 0.3) is 0 Å². The number of halogens is 2. The minimum absolute atomic E-state index is 0.234. The minimum atomic E-state index is -0.396. The molecule has 0 aromatic heterocycles. The van der Waals surface area contributed by atoms with Crippen molar-refractivity contribution in [2.24, 2.45) is 0 Å². The Morgan fingerprint density at radius 3 is 2.73 bits per heavy atom. The number of carbonyl (C=O) groups excluding carboxylic acids is 1. The molecule has 0 bridgehead atoms. The standard InChI is InChI=1S/C8H6BrFO/c1-5-2-6(4-11)8(9)7(10)3-5/h2-4H,1H3. The number of carbonyl (C=O) groups is 1. The molecule has 0 aliphatic heterocycles. The summed E-state index contributed by atoms with van der Waals surface area (Å²) >= 11 is 2.97. The van der Waals surface area contributed by atoms with Crippen molar-refractivity contribution < 1.29 is 9.18 Å². The highest BCUT2D eigenvalue weighted by atomic mass is 79.9. The molecule has 3 heteroatoms. The Bertz CT molecular complexity index is 296. The van der Waals surface area contributed by atoms with E-state index in [0.717, 1.165) is 5.56 Å². The molecule has 1 aromatic rings. The Labute approximate surface area is 72.4 Å². The molecule has 0 atom stereocenters. The normalized spacial score (nSPS) is 9.73. The minimum Gasteiger partial charge on any atom is -0.298 e. The van der Waals surface area contributed by atoms with Crippen molar-refractivity contribution in [2.75, 3.05) is 0 Å². The molecular weight excluding hydrogens is 211 g/mol. The van der Waals surface area contributed by atoms with Crippen LogP contribution in [0.4, 0.5) is 4.39 Å². The third kappa shape index (κ3) is 1.66. The van der Waals surface area contributed by atoms with E-state index in [9.17, 15) is 9.18 Å².